The molecule has 1 atom stereocenters. The van der Waals surface area contributed by atoms with Gasteiger partial charge in [0.05, 0.1) is 5.75 Å². The molecule has 1 aliphatic heterocycles. The van der Waals surface area contributed by atoms with Crippen LogP contribution in [0.3, 0.4) is 0 Å². The van der Waals surface area contributed by atoms with Crippen LogP contribution in [0.15, 0.2) is 5.16 Å². The molecular weight excluding hydrogens is 322 g/mol. The first-order valence-corrected chi connectivity index (χ1v) is 10.1. The molecule has 126 valence electrons. The van der Waals surface area contributed by atoms with Crippen molar-refractivity contribution < 1.29 is 8.42 Å². The normalized spacial score (nSPS) is 19.7. The van der Waals surface area contributed by atoms with Crippen molar-refractivity contribution in [1.82, 2.24) is 24.4 Å². The summed E-state index contributed by atoms with van der Waals surface area (Å²) in [7, 11) is 2.01. The van der Waals surface area contributed by atoms with Gasteiger partial charge in [-0.1, -0.05) is 11.8 Å². The molecule has 0 aliphatic carbocycles. The topological polar surface area (TPSA) is 80.1 Å². The Bertz CT molecular complexity index is 579. The Labute approximate surface area is 136 Å². The van der Waals surface area contributed by atoms with Crippen LogP contribution in [0.4, 0.5) is 0 Å². The highest BCUT2D eigenvalue weighted by atomic mass is 32.2. The van der Waals surface area contributed by atoms with Crippen LogP contribution in [-0.4, -0.2) is 66.2 Å². The van der Waals surface area contributed by atoms with Gasteiger partial charge in [-0.25, -0.2) is 12.7 Å². The van der Waals surface area contributed by atoms with E-state index in [4.69, 9.17) is 0 Å². The van der Waals surface area contributed by atoms with Gasteiger partial charge in [0.2, 0.25) is 10.0 Å². The molecule has 9 heteroatoms. The summed E-state index contributed by atoms with van der Waals surface area (Å²) in [5.74, 6) is 2.34. The third-order valence-corrected chi connectivity index (χ3v) is 6.89. The summed E-state index contributed by atoms with van der Waals surface area (Å²) in [6.07, 6.45) is 2.92. The highest BCUT2D eigenvalue weighted by Crippen LogP contribution is 2.25. The van der Waals surface area contributed by atoms with E-state index in [1.165, 1.54) is 10.7 Å². The summed E-state index contributed by atoms with van der Waals surface area (Å²) >= 11 is 1.57. The summed E-state index contributed by atoms with van der Waals surface area (Å²) in [6.45, 7) is 2.04. The van der Waals surface area contributed by atoms with E-state index >= 15 is 0 Å². The highest BCUT2D eigenvalue weighted by molar-refractivity contribution is 7.99. The molecule has 1 saturated heterocycles. The maximum Gasteiger partial charge on any atom is 0.213 e. The van der Waals surface area contributed by atoms with Gasteiger partial charge in [-0.2, -0.15) is 0 Å². The number of thioether (sulfide) groups is 1. The lowest BCUT2D eigenvalue weighted by Crippen LogP contribution is -2.29. The van der Waals surface area contributed by atoms with E-state index in [1.54, 1.807) is 25.9 Å². The van der Waals surface area contributed by atoms with E-state index in [0.717, 1.165) is 36.2 Å². The Kier molecular flexibility index (Phi) is 6.25. The summed E-state index contributed by atoms with van der Waals surface area (Å²) in [5.41, 5.74) is 0. The Morgan fingerprint density at radius 3 is 2.82 bits per heavy atom. The van der Waals surface area contributed by atoms with Gasteiger partial charge in [0.1, 0.15) is 5.82 Å². The van der Waals surface area contributed by atoms with Crippen molar-refractivity contribution in [2.75, 3.05) is 38.7 Å². The molecule has 0 bridgehead atoms. The van der Waals surface area contributed by atoms with Gasteiger partial charge in [0.15, 0.2) is 5.16 Å². The number of nitrogens with one attached hydrogen (secondary N) is 1. The number of hydrogen-bond acceptors (Lipinski definition) is 6. The molecule has 2 rings (SSSR count). The van der Waals surface area contributed by atoms with Gasteiger partial charge in [0, 0.05) is 39.4 Å². The Balaban J connectivity index is 1.85. The average molecular weight is 348 g/mol. The van der Waals surface area contributed by atoms with Crippen molar-refractivity contribution in [3.63, 3.8) is 0 Å². The van der Waals surface area contributed by atoms with Crippen LogP contribution in [0.25, 0.3) is 0 Å². The Morgan fingerprint density at radius 2 is 2.18 bits per heavy atom. The molecule has 0 radical (unpaired) electrons. The van der Waals surface area contributed by atoms with Gasteiger partial charge in [-0.15, -0.1) is 10.2 Å². The average Bonchev–Trinajstić information content (AvgIpc) is 2.85. The predicted octanol–water partition coefficient (Wildman–Crippen LogP) is 0.656. The second-order valence-electron chi connectivity index (χ2n) is 5.74. The van der Waals surface area contributed by atoms with Crippen molar-refractivity contribution in [1.29, 1.82) is 0 Å². The Morgan fingerprint density at radius 1 is 1.41 bits per heavy atom. The molecule has 0 aromatic carbocycles. The van der Waals surface area contributed by atoms with E-state index in [9.17, 15) is 8.42 Å². The van der Waals surface area contributed by atoms with Crippen LogP contribution in [0, 0.1) is 0 Å². The zero-order valence-electron chi connectivity index (χ0n) is 13.4. The van der Waals surface area contributed by atoms with Gasteiger partial charge in [-0.3, -0.25) is 0 Å². The molecule has 1 aliphatic rings. The molecule has 0 spiro atoms. The van der Waals surface area contributed by atoms with E-state index < -0.39 is 10.0 Å². The molecule has 1 N–H and O–H groups in total. The first-order valence-electron chi connectivity index (χ1n) is 7.55. The maximum absolute atomic E-state index is 11.7. The SMILES string of the molecule is CN(C)S(=O)(=O)CCCSc1nnc([C@@H]2CCCNC2)n1C. The third-order valence-electron chi connectivity index (χ3n) is 3.86. The molecular formula is C13H25N5O2S2. The summed E-state index contributed by atoms with van der Waals surface area (Å²) in [6, 6.07) is 0. The highest BCUT2D eigenvalue weighted by Gasteiger charge is 2.21. The third kappa shape index (κ3) is 4.43. The number of nitrogens with zero attached hydrogens (tertiary/aromatic N) is 4. The van der Waals surface area contributed by atoms with Crippen LogP contribution >= 0.6 is 11.8 Å². The molecule has 1 aromatic rings. The predicted molar refractivity (Wildman–Crippen MR) is 88.7 cm³/mol. The lowest BCUT2D eigenvalue weighted by atomic mass is 9.99. The van der Waals surface area contributed by atoms with Gasteiger partial charge in [0.25, 0.3) is 0 Å². The molecule has 0 saturated carbocycles. The quantitative estimate of drug-likeness (QED) is 0.576. The largest absolute Gasteiger partial charge is 0.316 e. The molecule has 0 unspecified atom stereocenters. The smallest absolute Gasteiger partial charge is 0.213 e. The molecule has 0 amide bonds. The minimum absolute atomic E-state index is 0.171. The fraction of sp³-hybridized carbons (Fsp3) is 0.846. The number of aromatic nitrogens is 3. The van der Waals surface area contributed by atoms with Crippen LogP contribution in [-0.2, 0) is 17.1 Å². The molecule has 1 fully saturated rings. The minimum atomic E-state index is -3.11. The molecule has 22 heavy (non-hydrogen) atoms. The standard InChI is InChI=1S/C13H25N5O2S2/c1-17(2)22(19,20)9-5-8-21-13-16-15-12(18(13)3)11-6-4-7-14-10-11/h11,14H,4-10H2,1-3H3/t11-/m1/s1. The van der Waals surface area contributed by atoms with E-state index in [0.29, 0.717) is 12.3 Å². The van der Waals surface area contributed by atoms with Gasteiger partial charge in [-0.05, 0) is 25.8 Å². The molecule has 2 heterocycles. The fourth-order valence-corrected chi connectivity index (χ4v) is 4.38. The number of sulfonamides is 1. The molecule has 7 nitrogen and oxygen atoms in total. The van der Waals surface area contributed by atoms with E-state index in [-0.39, 0.29) is 5.75 Å². The van der Waals surface area contributed by atoms with Crippen LogP contribution in [0.2, 0.25) is 0 Å². The minimum Gasteiger partial charge on any atom is -0.316 e. The first-order chi connectivity index (χ1) is 10.4. The number of rotatable bonds is 7. The number of piperidine rings is 1. The summed E-state index contributed by atoms with van der Waals surface area (Å²) in [4.78, 5) is 0. The number of hydrogen-bond donors (Lipinski definition) is 1. The van der Waals surface area contributed by atoms with Crippen LogP contribution in [0.1, 0.15) is 31.0 Å². The van der Waals surface area contributed by atoms with Crippen LogP contribution in [0.5, 0.6) is 0 Å². The van der Waals surface area contributed by atoms with Crippen LogP contribution < -0.4 is 5.32 Å². The van der Waals surface area contributed by atoms with Gasteiger partial charge < -0.3 is 9.88 Å². The second kappa shape index (κ2) is 7.76. The van der Waals surface area contributed by atoms with E-state index in [1.807, 2.05) is 11.6 Å². The molecule has 1 aromatic heterocycles. The zero-order valence-corrected chi connectivity index (χ0v) is 15.1. The van der Waals surface area contributed by atoms with Crippen molar-refractivity contribution in [2.45, 2.75) is 30.3 Å². The second-order valence-corrected chi connectivity index (χ2v) is 9.11. The van der Waals surface area contributed by atoms with Crippen molar-refractivity contribution in [2.24, 2.45) is 7.05 Å². The maximum atomic E-state index is 11.7. The van der Waals surface area contributed by atoms with E-state index in [2.05, 4.69) is 15.5 Å². The summed E-state index contributed by atoms with van der Waals surface area (Å²) in [5, 5.41) is 12.8. The lowest BCUT2D eigenvalue weighted by molar-refractivity contribution is 0.436. The first kappa shape index (κ1) is 17.7. The zero-order chi connectivity index (χ0) is 16.2. The Hall–Kier alpha value is -0.640. The monoisotopic (exact) mass is 347 g/mol. The summed E-state index contributed by atoms with van der Waals surface area (Å²) < 4.78 is 26.7. The van der Waals surface area contributed by atoms with Gasteiger partial charge >= 0.3 is 0 Å². The fourth-order valence-electron chi connectivity index (χ4n) is 2.47. The van der Waals surface area contributed by atoms with Crippen molar-refractivity contribution in [3.8, 4) is 0 Å². The lowest BCUT2D eigenvalue weighted by Gasteiger charge is -2.21. The van der Waals surface area contributed by atoms with Crippen molar-refractivity contribution in [3.05, 3.63) is 5.82 Å². The van der Waals surface area contributed by atoms with Crippen molar-refractivity contribution >= 4 is 21.8 Å².